The van der Waals surface area contributed by atoms with Gasteiger partial charge in [0.15, 0.2) is 5.82 Å². The maximum atomic E-state index is 14.0. The molecule has 0 saturated carbocycles. The van der Waals surface area contributed by atoms with Crippen LogP contribution in [0.5, 0.6) is 0 Å². The summed E-state index contributed by atoms with van der Waals surface area (Å²) in [6.07, 6.45) is 2.84. The topological polar surface area (TPSA) is 143 Å². The normalized spacial score (nSPS) is 25.0. The van der Waals surface area contributed by atoms with Crippen LogP contribution >= 0.6 is 0 Å². The van der Waals surface area contributed by atoms with Crippen molar-refractivity contribution in [2.24, 2.45) is 5.92 Å². The average molecular weight is 512 g/mol. The van der Waals surface area contributed by atoms with Gasteiger partial charge in [-0.05, 0) is 44.7 Å². The first-order valence-corrected chi connectivity index (χ1v) is 13.4. The molecule has 1 aromatic carbocycles. The van der Waals surface area contributed by atoms with Gasteiger partial charge in [0.1, 0.15) is 11.6 Å². The van der Waals surface area contributed by atoms with E-state index in [-0.39, 0.29) is 37.1 Å². The number of aryl methyl sites for hydroxylation is 1. The predicted octanol–water partition coefficient (Wildman–Crippen LogP) is 2.65. The fourth-order valence-corrected chi connectivity index (χ4v) is 7.66. The fourth-order valence-electron chi connectivity index (χ4n) is 5.52. The zero-order valence-electron chi connectivity index (χ0n) is 19.6. The van der Waals surface area contributed by atoms with Gasteiger partial charge in [0.05, 0.1) is 17.5 Å². The predicted molar refractivity (Wildman–Crippen MR) is 131 cm³/mol. The number of aromatic amines is 1. The van der Waals surface area contributed by atoms with E-state index < -0.39 is 16.0 Å². The molecule has 3 fully saturated rings. The molecule has 3 saturated heterocycles. The lowest BCUT2D eigenvalue weighted by molar-refractivity contribution is 0.182. The largest absolute Gasteiger partial charge is 0.351 e. The molecule has 11 nitrogen and oxygen atoms in total. The standard InChI is InChI=1S/C23H26FN9O2S/c1-13-6-21(31-30-13)28-22-19-5-2-15(24)7-20(19)27-23(29-22)26-16-8-17-3-4-18(9-16)33(17)36(34,35)32-11-14(10-25)12-32/h2,5-7,14,16-18H,3-4,8-9,11-12H2,1H3,(H3,26,27,28,29,30,31). The quantitative estimate of drug-likeness (QED) is 0.458. The summed E-state index contributed by atoms with van der Waals surface area (Å²) in [5.74, 6) is 0.823. The van der Waals surface area contributed by atoms with E-state index in [9.17, 15) is 12.8 Å². The van der Waals surface area contributed by atoms with E-state index in [0.29, 0.717) is 41.3 Å². The number of H-pyrrole nitrogens is 1. The summed E-state index contributed by atoms with van der Waals surface area (Å²) in [7, 11) is -3.58. The number of aromatic nitrogens is 4. The molecule has 2 aromatic heterocycles. The van der Waals surface area contributed by atoms with Crippen LogP contribution in [0.15, 0.2) is 24.3 Å². The molecule has 0 spiro atoms. The van der Waals surface area contributed by atoms with E-state index in [1.807, 2.05) is 13.0 Å². The number of piperidine rings is 1. The Hall–Kier alpha value is -3.34. The van der Waals surface area contributed by atoms with Crippen molar-refractivity contribution in [3.8, 4) is 6.07 Å². The molecule has 13 heteroatoms. The Bertz CT molecular complexity index is 1450. The van der Waals surface area contributed by atoms with Crippen molar-refractivity contribution >= 4 is 38.7 Å². The Kier molecular flexibility index (Phi) is 5.55. The molecular formula is C23H26FN9O2S. The Balaban J connectivity index is 1.23. The lowest BCUT2D eigenvalue weighted by Gasteiger charge is -2.43. The second kappa shape index (κ2) is 8.65. The molecule has 3 aromatic rings. The van der Waals surface area contributed by atoms with Gasteiger partial charge in [-0.25, -0.2) is 9.37 Å². The molecule has 0 aliphatic carbocycles. The SMILES string of the molecule is Cc1cc(Nc2nc(NC3CC4CCC(C3)N4S(=O)(=O)N3CC(C#N)C3)nc3cc(F)ccc23)n[nH]1. The van der Waals surface area contributed by atoms with Crippen LogP contribution in [0.3, 0.4) is 0 Å². The number of nitriles is 1. The maximum Gasteiger partial charge on any atom is 0.282 e. The summed E-state index contributed by atoms with van der Waals surface area (Å²) in [4.78, 5) is 9.20. The van der Waals surface area contributed by atoms with Gasteiger partial charge in [0, 0.05) is 54.4 Å². The van der Waals surface area contributed by atoms with E-state index in [0.717, 1.165) is 18.5 Å². The highest BCUT2D eigenvalue weighted by Crippen LogP contribution is 2.41. The number of hydrogen-bond acceptors (Lipinski definition) is 8. The summed E-state index contributed by atoms with van der Waals surface area (Å²) in [5.41, 5.74) is 1.34. The Morgan fingerprint density at radius 3 is 2.58 bits per heavy atom. The first-order chi connectivity index (χ1) is 17.3. The van der Waals surface area contributed by atoms with Crippen LogP contribution in [0, 0.1) is 30.0 Å². The zero-order valence-corrected chi connectivity index (χ0v) is 20.5. The van der Waals surface area contributed by atoms with Crippen molar-refractivity contribution < 1.29 is 12.8 Å². The van der Waals surface area contributed by atoms with Gasteiger partial charge in [-0.3, -0.25) is 5.10 Å². The summed E-state index contributed by atoms with van der Waals surface area (Å²) in [5, 5.41) is 23.3. The monoisotopic (exact) mass is 511 g/mol. The van der Waals surface area contributed by atoms with Crippen LogP contribution in [-0.2, 0) is 10.2 Å². The van der Waals surface area contributed by atoms with Crippen LogP contribution in [0.25, 0.3) is 10.9 Å². The molecule has 0 radical (unpaired) electrons. The van der Waals surface area contributed by atoms with Crippen molar-refractivity contribution in [2.75, 3.05) is 23.7 Å². The third-order valence-corrected chi connectivity index (χ3v) is 9.31. The molecule has 2 unspecified atom stereocenters. The number of fused-ring (bicyclic) bond motifs is 3. The molecule has 36 heavy (non-hydrogen) atoms. The fraction of sp³-hybridized carbons (Fsp3) is 0.478. The molecule has 0 amide bonds. The van der Waals surface area contributed by atoms with E-state index >= 15 is 0 Å². The third kappa shape index (κ3) is 4.04. The number of rotatable bonds is 6. The second-order valence-electron chi connectivity index (χ2n) is 9.80. The smallest absolute Gasteiger partial charge is 0.282 e. The van der Waals surface area contributed by atoms with Gasteiger partial charge < -0.3 is 10.6 Å². The van der Waals surface area contributed by atoms with Crippen molar-refractivity contribution in [1.82, 2.24) is 28.8 Å². The molecular weight excluding hydrogens is 485 g/mol. The molecule has 5 heterocycles. The van der Waals surface area contributed by atoms with Crippen molar-refractivity contribution in [3.05, 3.63) is 35.8 Å². The third-order valence-electron chi connectivity index (χ3n) is 7.23. The summed E-state index contributed by atoms with van der Waals surface area (Å²) in [6, 6.07) is 8.08. The minimum Gasteiger partial charge on any atom is -0.351 e. The number of anilines is 3. The van der Waals surface area contributed by atoms with Gasteiger partial charge in [-0.15, -0.1) is 0 Å². The number of hydrogen-bond donors (Lipinski definition) is 3. The number of halogens is 1. The molecule has 2 bridgehead atoms. The summed E-state index contributed by atoms with van der Waals surface area (Å²) >= 11 is 0. The summed E-state index contributed by atoms with van der Waals surface area (Å²) < 4.78 is 43.5. The van der Waals surface area contributed by atoms with Gasteiger partial charge in [0.2, 0.25) is 5.95 Å². The van der Waals surface area contributed by atoms with Crippen LogP contribution in [0.1, 0.15) is 31.4 Å². The van der Waals surface area contributed by atoms with Crippen LogP contribution in [0.4, 0.5) is 22.0 Å². The first kappa shape index (κ1) is 23.1. The minimum atomic E-state index is -3.58. The Morgan fingerprint density at radius 2 is 1.92 bits per heavy atom. The molecule has 2 atom stereocenters. The molecule has 188 valence electrons. The van der Waals surface area contributed by atoms with Gasteiger partial charge in [0.25, 0.3) is 10.2 Å². The highest BCUT2D eigenvalue weighted by Gasteiger charge is 2.51. The lowest BCUT2D eigenvalue weighted by Crippen LogP contribution is -2.59. The average Bonchev–Trinajstić information content (AvgIpc) is 3.33. The summed E-state index contributed by atoms with van der Waals surface area (Å²) in [6.45, 7) is 2.43. The molecule has 3 aliphatic heterocycles. The number of nitrogens with zero attached hydrogens (tertiary/aromatic N) is 6. The van der Waals surface area contributed by atoms with E-state index in [4.69, 9.17) is 5.26 Å². The lowest BCUT2D eigenvalue weighted by atomic mass is 10.00. The van der Waals surface area contributed by atoms with Crippen molar-refractivity contribution in [3.63, 3.8) is 0 Å². The van der Waals surface area contributed by atoms with Crippen molar-refractivity contribution in [1.29, 1.82) is 5.26 Å². The zero-order chi connectivity index (χ0) is 25.0. The van der Waals surface area contributed by atoms with Gasteiger partial charge in [-0.2, -0.15) is 32.4 Å². The van der Waals surface area contributed by atoms with Gasteiger partial charge >= 0.3 is 0 Å². The Labute approximate surface area is 207 Å². The van der Waals surface area contributed by atoms with E-state index in [2.05, 4.69) is 36.9 Å². The molecule has 3 N–H and O–H groups in total. The van der Waals surface area contributed by atoms with Crippen LogP contribution < -0.4 is 10.6 Å². The van der Waals surface area contributed by atoms with Crippen molar-refractivity contribution in [2.45, 2.75) is 50.7 Å². The van der Waals surface area contributed by atoms with E-state index in [1.165, 1.54) is 16.4 Å². The van der Waals surface area contributed by atoms with Crippen LogP contribution in [0.2, 0.25) is 0 Å². The maximum absolute atomic E-state index is 14.0. The number of benzene rings is 1. The highest BCUT2D eigenvalue weighted by molar-refractivity contribution is 7.86. The Morgan fingerprint density at radius 1 is 1.17 bits per heavy atom. The van der Waals surface area contributed by atoms with Crippen LogP contribution in [-0.4, -0.2) is 68.4 Å². The molecule has 3 aliphatic rings. The molecule has 6 rings (SSSR count). The van der Waals surface area contributed by atoms with Gasteiger partial charge in [-0.1, -0.05) is 0 Å². The second-order valence-corrected chi connectivity index (χ2v) is 11.6. The highest BCUT2D eigenvalue weighted by atomic mass is 32.2. The van der Waals surface area contributed by atoms with E-state index in [1.54, 1.807) is 10.4 Å². The first-order valence-electron chi connectivity index (χ1n) is 12.0. The number of nitrogens with one attached hydrogen (secondary N) is 3. The minimum absolute atomic E-state index is 0.0244.